The van der Waals surface area contributed by atoms with Gasteiger partial charge in [-0.05, 0) is 12.1 Å². The van der Waals surface area contributed by atoms with E-state index in [0.29, 0.717) is 0 Å². The monoisotopic (exact) mass is 286 g/mol. The number of carbonyl (C=O) groups is 1. The van der Waals surface area contributed by atoms with Gasteiger partial charge in [0.05, 0.1) is 10.0 Å². The maximum atomic E-state index is 11.8. The van der Waals surface area contributed by atoms with Gasteiger partial charge in [0, 0.05) is 5.56 Å². The quantitative estimate of drug-likeness (QED) is 0.788. The second kappa shape index (κ2) is 5.71. The maximum Gasteiger partial charge on any atom is 0.411 e. The van der Waals surface area contributed by atoms with E-state index in [1.807, 2.05) is 0 Å². The van der Waals surface area contributed by atoms with Crippen molar-refractivity contribution in [2.75, 3.05) is 13.2 Å². The zero-order valence-electron chi connectivity index (χ0n) is 8.35. The summed E-state index contributed by atoms with van der Waals surface area (Å²) >= 11 is 11.4. The van der Waals surface area contributed by atoms with Crippen LogP contribution in [-0.2, 0) is 4.74 Å². The Morgan fingerprint density at radius 3 is 2.53 bits per heavy atom. The van der Waals surface area contributed by atoms with Crippen LogP contribution in [0, 0.1) is 0 Å². The second-order valence-electron chi connectivity index (χ2n) is 3.13. The highest BCUT2D eigenvalue weighted by atomic mass is 35.5. The van der Waals surface area contributed by atoms with E-state index in [0.717, 1.165) is 0 Å². The summed E-state index contributed by atoms with van der Waals surface area (Å²) in [5.41, 5.74) is 0.0429. The van der Waals surface area contributed by atoms with E-state index in [9.17, 15) is 18.0 Å². The van der Waals surface area contributed by atoms with E-state index in [1.54, 1.807) is 0 Å². The fourth-order valence-corrected chi connectivity index (χ4v) is 1.46. The Kier molecular flexibility index (Phi) is 4.80. The molecule has 17 heavy (non-hydrogen) atoms. The summed E-state index contributed by atoms with van der Waals surface area (Å²) in [6, 6.07) is 4.32. The van der Waals surface area contributed by atoms with Gasteiger partial charge in [0.15, 0.2) is 5.78 Å². The maximum absolute atomic E-state index is 11.8. The summed E-state index contributed by atoms with van der Waals surface area (Å²) in [6.07, 6.45) is -4.46. The molecule has 0 saturated carbocycles. The molecule has 1 rings (SSSR count). The molecule has 0 aliphatic carbocycles. The third-order valence-electron chi connectivity index (χ3n) is 1.75. The summed E-state index contributed by atoms with van der Waals surface area (Å²) in [7, 11) is 0. The van der Waals surface area contributed by atoms with Gasteiger partial charge in [-0.15, -0.1) is 0 Å². The number of benzene rings is 1. The number of rotatable bonds is 4. The van der Waals surface area contributed by atoms with Crippen LogP contribution in [0.15, 0.2) is 18.2 Å². The molecular weight excluding hydrogens is 280 g/mol. The summed E-state index contributed by atoms with van der Waals surface area (Å²) in [6.45, 7) is -2.17. The highest BCUT2D eigenvalue weighted by Gasteiger charge is 2.28. The number of carbonyl (C=O) groups excluding carboxylic acids is 1. The Balaban J connectivity index is 2.62. The van der Waals surface area contributed by atoms with Crippen LogP contribution >= 0.6 is 23.2 Å². The molecule has 0 radical (unpaired) electrons. The second-order valence-corrected chi connectivity index (χ2v) is 3.92. The van der Waals surface area contributed by atoms with Crippen LogP contribution in [0.5, 0.6) is 0 Å². The van der Waals surface area contributed by atoms with Gasteiger partial charge < -0.3 is 4.74 Å². The van der Waals surface area contributed by atoms with E-state index < -0.39 is 25.2 Å². The van der Waals surface area contributed by atoms with Crippen LogP contribution in [0.2, 0.25) is 10.0 Å². The van der Waals surface area contributed by atoms with Crippen molar-refractivity contribution in [1.82, 2.24) is 0 Å². The molecule has 0 amide bonds. The van der Waals surface area contributed by atoms with Gasteiger partial charge in [0.2, 0.25) is 0 Å². The van der Waals surface area contributed by atoms with Gasteiger partial charge in [0.25, 0.3) is 0 Å². The van der Waals surface area contributed by atoms with Gasteiger partial charge >= 0.3 is 6.18 Å². The van der Waals surface area contributed by atoms with Crippen LogP contribution in [0.1, 0.15) is 10.4 Å². The summed E-state index contributed by atoms with van der Waals surface area (Å²) < 4.78 is 39.5. The Labute approximate surface area is 105 Å². The molecule has 0 unspecified atom stereocenters. The average molecular weight is 287 g/mol. The normalized spacial score (nSPS) is 11.6. The van der Waals surface area contributed by atoms with E-state index in [4.69, 9.17) is 23.2 Å². The van der Waals surface area contributed by atoms with Crippen molar-refractivity contribution in [2.24, 2.45) is 0 Å². The van der Waals surface area contributed by atoms with E-state index in [-0.39, 0.29) is 15.6 Å². The molecule has 7 heteroatoms. The van der Waals surface area contributed by atoms with Crippen LogP contribution < -0.4 is 0 Å². The Morgan fingerprint density at radius 2 is 1.94 bits per heavy atom. The van der Waals surface area contributed by atoms with Crippen LogP contribution in [0.4, 0.5) is 13.2 Å². The van der Waals surface area contributed by atoms with Crippen LogP contribution in [0.25, 0.3) is 0 Å². The molecule has 1 aromatic rings. The number of alkyl halides is 3. The third kappa shape index (κ3) is 4.53. The minimum atomic E-state index is -4.46. The van der Waals surface area contributed by atoms with E-state index >= 15 is 0 Å². The molecule has 0 atom stereocenters. The lowest BCUT2D eigenvalue weighted by molar-refractivity contribution is -0.170. The number of ketones is 1. The van der Waals surface area contributed by atoms with Crippen molar-refractivity contribution in [1.29, 1.82) is 0 Å². The lowest BCUT2D eigenvalue weighted by Crippen LogP contribution is -2.20. The molecule has 0 fully saturated rings. The fraction of sp³-hybridized carbons (Fsp3) is 0.300. The first kappa shape index (κ1) is 14.3. The lowest BCUT2D eigenvalue weighted by atomic mass is 10.1. The highest BCUT2D eigenvalue weighted by molar-refractivity contribution is 6.43. The van der Waals surface area contributed by atoms with E-state index in [2.05, 4.69) is 4.74 Å². The summed E-state index contributed by atoms with van der Waals surface area (Å²) in [4.78, 5) is 11.5. The smallest absolute Gasteiger partial charge is 0.364 e. The van der Waals surface area contributed by atoms with Crippen molar-refractivity contribution in [3.8, 4) is 0 Å². The predicted molar refractivity (Wildman–Crippen MR) is 57.7 cm³/mol. The molecule has 0 aromatic heterocycles. The zero-order valence-corrected chi connectivity index (χ0v) is 9.86. The molecule has 0 spiro atoms. The van der Waals surface area contributed by atoms with Gasteiger partial charge in [-0.25, -0.2) is 0 Å². The lowest BCUT2D eigenvalue weighted by Gasteiger charge is -2.08. The van der Waals surface area contributed by atoms with Gasteiger partial charge in [-0.1, -0.05) is 29.3 Å². The number of hydrogen-bond acceptors (Lipinski definition) is 2. The summed E-state index contributed by atoms with van der Waals surface area (Å²) in [5, 5.41) is 0.170. The molecule has 0 saturated heterocycles. The number of hydrogen-bond donors (Lipinski definition) is 0. The molecule has 94 valence electrons. The number of Topliss-reactive ketones (excluding diaryl/α,β-unsaturated/α-hetero) is 1. The van der Waals surface area contributed by atoms with Crippen molar-refractivity contribution < 1.29 is 22.7 Å². The molecule has 0 N–H and O–H groups in total. The molecule has 0 aliphatic rings. The fourth-order valence-electron chi connectivity index (χ4n) is 1.06. The largest absolute Gasteiger partial charge is 0.411 e. The summed E-state index contributed by atoms with van der Waals surface area (Å²) in [5.74, 6) is -0.651. The van der Waals surface area contributed by atoms with Crippen molar-refractivity contribution in [3.63, 3.8) is 0 Å². The number of halogens is 5. The molecule has 0 aliphatic heterocycles. The standard InChI is InChI=1S/C10H7Cl2F3O2/c11-7-3-1-2-6(9(7)12)8(16)4-17-5-10(13,14)15/h1-3H,4-5H2. The minimum absolute atomic E-state index is 0.00905. The third-order valence-corrected chi connectivity index (χ3v) is 2.57. The SMILES string of the molecule is O=C(COCC(F)(F)F)c1cccc(Cl)c1Cl. The van der Waals surface area contributed by atoms with Gasteiger partial charge in [0.1, 0.15) is 13.2 Å². The van der Waals surface area contributed by atoms with Gasteiger partial charge in [-0.2, -0.15) is 13.2 Å². The molecular formula is C10H7Cl2F3O2. The Hall–Kier alpha value is -0.780. The molecule has 0 heterocycles. The van der Waals surface area contributed by atoms with Gasteiger partial charge in [-0.3, -0.25) is 4.79 Å². The topological polar surface area (TPSA) is 26.3 Å². The first-order valence-electron chi connectivity index (χ1n) is 4.43. The Bertz CT molecular complexity index is 419. The Morgan fingerprint density at radius 1 is 1.29 bits per heavy atom. The zero-order chi connectivity index (χ0) is 13.1. The highest BCUT2D eigenvalue weighted by Crippen LogP contribution is 2.26. The average Bonchev–Trinajstić information content (AvgIpc) is 2.20. The predicted octanol–water partition coefficient (Wildman–Crippen LogP) is 3.76. The first-order valence-corrected chi connectivity index (χ1v) is 5.18. The molecule has 1 aromatic carbocycles. The first-order chi connectivity index (χ1) is 7.81. The molecule has 2 nitrogen and oxygen atoms in total. The van der Waals surface area contributed by atoms with Crippen molar-refractivity contribution in [3.05, 3.63) is 33.8 Å². The van der Waals surface area contributed by atoms with Crippen molar-refractivity contribution in [2.45, 2.75) is 6.18 Å². The van der Waals surface area contributed by atoms with Crippen LogP contribution in [0.3, 0.4) is 0 Å². The van der Waals surface area contributed by atoms with Crippen molar-refractivity contribution >= 4 is 29.0 Å². The van der Waals surface area contributed by atoms with Crippen LogP contribution in [-0.4, -0.2) is 25.2 Å². The minimum Gasteiger partial charge on any atom is -0.364 e. The molecule has 0 bridgehead atoms. The van der Waals surface area contributed by atoms with E-state index in [1.165, 1.54) is 18.2 Å². The number of ether oxygens (including phenoxy) is 1.